The molecule has 152 valence electrons. The first kappa shape index (κ1) is 21.0. The van der Waals surface area contributed by atoms with Gasteiger partial charge in [0.05, 0.1) is 12.2 Å². The van der Waals surface area contributed by atoms with Crippen LogP contribution in [-0.2, 0) is 4.74 Å². The molecule has 0 saturated carbocycles. The maximum absolute atomic E-state index is 11.9. The van der Waals surface area contributed by atoms with E-state index in [2.05, 4.69) is 51.5 Å². The van der Waals surface area contributed by atoms with E-state index in [-0.39, 0.29) is 5.97 Å². The number of anilines is 1. The van der Waals surface area contributed by atoms with Gasteiger partial charge in [0.1, 0.15) is 0 Å². The van der Waals surface area contributed by atoms with Crippen LogP contribution in [0.1, 0.15) is 22.8 Å². The molecule has 2 aromatic rings. The van der Waals surface area contributed by atoms with Crippen molar-refractivity contribution in [2.24, 2.45) is 0 Å². The molecule has 29 heavy (non-hydrogen) atoms. The van der Waals surface area contributed by atoms with Crippen LogP contribution in [0.15, 0.2) is 60.7 Å². The standard InChI is InChI=1S/C23H27N3O2S/c1-2-28-22(27)20-11-6-12-21(18-20)24-23(29)26-16-14-25(15-17-26)13-7-10-19-8-4-3-5-9-19/h3-12,18H,2,13-17H2,1H3,(H,24,29). The lowest BCUT2D eigenvalue weighted by Gasteiger charge is -2.35. The van der Waals surface area contributed by atoms with Crippen LogP contribution in [0.3, 0.4) is 0 Å². The summed E-state index contributed by atoms with van der Waals surface area (Å²) in [5, 5.41) is 3.93. The average Bonchev–Trinajstić information content (AvgIpc) is 2.75. The maximum Gasteiger partial charge on any atom is 0.338 e. The molecule has 0 amide bonds. The van der Waals surface area contributed by atoms with Crippen molar-refractivity contribution in [1.82, 2.24) is 9.80 Å². The fourth-order valence-electron chi connectivity index (χ4n) is 3.18. The summed E-state index contributed by atoms with van der Waals surface area (Å²) in [4.78, 5) is 16.5. The number of rotatable bonds is 6. The summed E-state index contributed by atoms with van der Waals surface area (Å²) in [6.07, 6.45) is 4.37. The Labute approximate surface area is 178 Å². The second kappa shape index (κ2) is 10.7. The summed E-state index contributed by atoms with van der Waals surface area (Å²) in [6.45, 7) is 6.77. The number of nitrogens with one attached hydrogen (secondary N) is 1. The van der Waals surface area contributed by atoms with E-state index in [9.17, 15) is 4.79 Å². The number of ether oxygens (including phenoxy) is 1. The molecular formula is C23H27N3O2S. The lowest BCUT2D eigenvalue weighted by molar-refractivity contribution is 0.0526. The van der Waals surface area contributed by atoms with Crippen molar-refractivity contribution < 1.29 is 9.53 Å². The van der Waals surface area contributed by atoms with E-state index in [0.717, 1.165) is 38.4 Å². The second-order valence-electron chi connectivity index (χ2n) is 6.83. The number of hydrogen-bond donors (Lipinski definition) is 1. The van der Waals surface area contributed by atoms with Gasteiger partial charge in [0, 0.05) is 38.4 Å². The topological polar surface area (TPSA) is 44.8 Å². The molecule has 1 aliphatic heterocycles. The Hall–Kier alpha value is -2.70. The molecule has 0 aromatic heterocycles. The summed E-state index contributed by atoms with van der Waals surface area (Å²) in [6, 6.07) is 17.6. The van der Waals surface area contributed by atoms with Crippen LogP contribution < -0.4 is 5.32 Å². The molecule has 0 spiro atoms. The lowest BCUT2D eigenvalue weighted by Crippen LogP contribution is -2.49. The number of hydrogen-bond acceptors (Lipinski definition) is 4. The van der Waals surface area contributed by atoms with Gasteiger partial charge in [0.25, 0.3) is 0 Å². The third-order valence-electron chi connectivity index (χ3n) is 4.76. The molecule has 5 nitrogen and oxygen atoms in total. The van der Waals surface area contributed by atoms with Crippen LogP contribution in [0.5, 0.6) is 0 Å². The smallest absolute Gasteiger partial charge is 0.338 e. The summed E-state index contributed by atoms with van der Waals surface area (Å²) < 4.78 is 5.06. The molecule has 2 aromatic carbocycles. The zero-order valence-electron chi connectivity index (χ0n) is 16.7. The van der Waals surface area contributed by atoms with E-state index in [1.807, 2.05) is 18.2 Å². The minimum atomic E-state index is -0.320. The summed E-state index contributed by atoms with van der Waals surface area (Å²) in [7, 11) is 0. The molecule has 1 fully saturated rings. The zero-order valence-corrected chi connectivity index (χ0v) is 17.5. The van der Waals surface area contributed by atoms with Crippen LogP contribution in [0, 0.1) is 0 Å². The average molecular weight is 410 g/mol. The molecule has 6 heteroatoms. The summed E-state index contributed by atoms with van der Waals surface area (Å²) in [5.41, 5.74) is 2.55. The first-order chi connectivity index (χ1) is 14.2. The van der Waals surface area contributed by atoms with Gasteiger partial charge in [0.2, 0.25) is 0 Å². The number of piperazine rings is 1. The molecule has 0 atom stereocenters. The minimum Gasteiger partial charge on any atom is -0.462 e. The number of benzene rings is 2. The van der Waals surface area contributed by atoms with Gasteiger partial charge < -0.3 is 15.0 Å². The van der Waals surface area contributed by atoms with E-state index in [1.165, 1.54) is 5.56 Å². The Bertz CT molecular complexity index is 846. The van der Waals surface area contributed by atoms with Crippen molar-refractivity contribution in [1.29, 1.82) is 0 Å². The molecule has 0 bridgehead atoms. The lowest BCUT2D eigenvalue weighted by atomic mass is 10.2. The highest BCUT2D eigenvalue weighted by Crippen LogP contribution is 2.14. The maximum atomic E-state index is 11.9. The van der Waals surface area contributed by atoms with E-state index in [1.54, 1.807) is 19.1 Å². The van der Waals surface area contributed by atoms with Gasteiger partial charge in [-0.1, -0.05) is 48.6 Å². The van der Waals surface area contributed by atoms with Gasteiger partial charge in [-0.3, -0.25) is 4.90 Å². The monoisotopic (exact) mass is 409 g/mol. The van der Waals surface area contributed by atoms with Crippen molar-refractivity contribution in [2.75, 3.05) is 44.6 Å². The molecule has 1 heterocycles. The summed E-state index contributed by atoms with van der Waals surface area (Å²) >= 11 is 5.57. The third kappa shape index (κ3) is 6.41. The van der Waals surface area contributed by atoms with Crippen LogP contribution in [-0.4, -0.2) is 60.2 Å². The van der Waals surface area contributed by atoms with E-state index in [4.69, 9.17) is 17.0 Å². The van der Waals surface area contributed by atoms with Gasteiger partial charge >= 0.3 is 5.97 Å². The number of carbonyl (C=O) groups is 1. The molecule has 3 rings (SSSR count). The Balaban J connectivity index is 1.46. The molecular weight excluding hydrogens is 382 g/mol. The van der Waals surface area contributed by atoms with Crippen LogP contribution in [0.25, 0.3) is 6.08 Å². The predicted molar refractivity (Wildman–Crippen MR) is 122 cm³/mol. The normalized spacial score (nSPS) is 14.7. The Morgan fingerprint density at radius 1 is 1.10 bits per heavy atom. The highest BCUT2D eigenvalue weighted by molar-refractivity contribution is 7.80. The summed E-state index contributed by atoms with van der Waals surface area (Å²) in [5.74, 6) is -0.320. The van der Waals surface area contributed by atoms with Gasteiger partial charge in [-0.25, -0.2) is 4.79 Å². The number of esters is 1. The SMILES string of the molecule is CCOC(=O)c1cccc(NC(=S)N2CCN(CC=Cc3ccccc3)CC2)c1. The highest BCUT2D eigenvalue weighted by atomic mass is 32.1. The Morgan fingerprint density at radius 3 is 2.59 bits per heavy atom. The zero-order chi connectivity index (χ0) is 20.5. The van der Waals surface area contributed by atoms with Gasteiger partial charge in [-0.15, -0.1) is 0 Å². The highest BCUT2D eigenvalue weighted by Gasteiger charge is 2.18. The van der Waals surface area contributed by atoms with Crippen molar-refractivity contribution >= 4 is 35.1 Å². The van der Waals surface area contributed by atoms with Crippen molar-refractivity contribution in [3.05, 3.63) is 71.8 Å². The third-order valence-corrected chi connectivity index (χ3v) is 5.12. The Morgan fingerprint density at radius 2 is 1.86 bits per heavy atom. The van der Waals surface area contributed by atoms with E-state index >= 15 is 0 Å². The second-order valence-corrected chi connectivity index (χ2v) is 7.22. The van der Waals surface area contributed by atoms with Crippen molar-refractivity contribution in [3.63, 3.8) is 0 Å². The van der Waals surface area contributed by atoms with Gasteiger partial charge in [-0.2, -0.15) is 0 Å². The molecule has 1 N–H and O–H groups in total. The quantitative estimate of drug-likeness (QED) is 0.577. The predicted octanol–water partition coefficient (Wildman–Crippen LogP) is 3.89. The van der Waals surface area contributed by atoms with E-state index < -0.39 is 0 Å². The van der Waals surface area contributed by atoms with E-state index in [0.29, 0.717) is 17.3 Å². The first-order valence-electron chi connectivity index (χ1n) is 9.93. The molecule has 0 aliphatic carbocycles. The molecule has 1 saturated heterocycles. The van der Waals surface area contributed by atoms with Crippen LogP contribution in [0.4, 0.5) is 5.69 Å². The molecule has 0 unspecified atom stereocenters. The molecule has 0 radical (unpaired) electrons. The van der Waals surface area contributed by atoms with Crippen molar-refractivity contribution in [3.8, 4) is 0 Å². The Kier molecular flexibility index (Phi) is 7.78. The van der Waals surface area contributed by atoms with Crippen LogP contribution >= 0.6 is 12.2 Å². The van der Waals surface area contributed by atoms with Gasteiger partial charge in [-0.05, 0) is 42.9 Å². The fourth-order valence-corrected chi connectivity index (χ4v) is 3.48. The number of nitrogens with zero attached hydrogens (tertiary/aromatic N) is 2. The fraction of sp³-hybridized carbons (Fsp3) is 0.304. The molecule has 1 aliphatic rings. The minimum absolute atomic E-state index is 0.320. The van der Waals surface area contributed by atoms with Crippen molar-refractivity contribution in [2.45, 2.75) is 6.92 Å². The first-order valence-corrected chi connectivity index (χ1v) is 10.3. The number of carbonyl (C=O) groups excluding carboxylic acids is 1. The van der Waals surface area contributed by atoms with Crippen LogP contribution in [0.2, 0.25) is 0 Å². The number of thiocarbonyl (C=S) groups is 1. The van der Waals surface area contributed by atoms with Gasteiger partial charge in [0.15, 0.2) is 5.11 Å². The largest absolute Gasteiger partial charge is 0.462 e.